The van der Waals surface area contributed by atoms with Crippen LogP contribution in [-0.2, 0) is 5.33 Å². The molecule has 0 atom stereocenters. The van der Waals surface area contributed by atoms with Crippen LogP contribution in [0.5, 0.6) is 0 Å². The van der Waals surface area contributed by atoms with Crippen LogP contribution in [0.2, 0.25) is 0 Å². The molecule has 0 fully saturated rings. The zero-order chi connectivity index (χ0) is 13.1. The molecule has 0 N–H and O–H groups in total. The van der Waals surface area contributed by atoms with Crippen molar-refractivity contribution >= 4 is 27.4 Å². The number of benzene rings is 1. The summed E-state index contributed by atoms with van der Waals surface area (Å²) < 4.78 is 13.7. The maximum Gasteiger partial charge on any atom is 0.146 e. The minimum atomic E-state index is -0.245. The van der Waals surface area contributed by atoms with E-state index in [0.717, 1.165) is 22.3 Å². The Kier molecular flexibility index (Phi) is 3.97. The number of anilines is 2. The molecule has 1 aromatic carbocycles. The SMILES string of the molecule is Cc1cc(CBr)cnc1N(C)c1ccccc1F. The van der Waals surface area contributed by atoms with E-state index in [9.17, 15) is 4.39 Å². The molecule has 1 aromatic heterocycles. The molecular weight excluding hydrogens is 295 g/mol. The van der Waals surface area contributed by atoms with Gasteiger partial charge in [-0.25, -0.2) is 9.37 Å². The fourth-order valence-corrected chi connectivity index (χ4v) is 2.19. The maximum atomic E-state index is 13.7. The highest BCUT2D eigenvalue weighted by Gasteiger charge is 2.12. The largest absolute Gasteiger partial charge is 0.327 e. The number of halogens is 2. The molecule has 0 aliphatic heterocycles. The Hall–Kier alpha value is -1.42. The van der Waals surface area contributed by atoms with Crippen LogP contribution in [0.4, 0.5) is 15.9 Å². The minimum absolute atomic E-state index is 0.245. The molecule has 0 aliphatic carbocycles. The first-order chi connectivity index (χ1) is 8.63. The molecule has 2 aromatic rings. The topological polar surface area (TPSA) is 16.1 Å². The number of para-hydroxylation sites is 1. The molecule has 0 bridgehead atoms. The van der Waals surface area contributed by atoms with E-state index >= 15 is 0 Å². The van der Waals surface area contributed by atoms with E-state index in [1.54, 1.807) is 23.2 Å². The quantitative estimate of drug-likeness (QED) is 0.790. The Labute approximate surface area is 115 Å². The molecule has 94 valence electrons. The predicted octanol–water partition coefficient (Wildman–Crippen LogP) is 4.19. The van der Waals surface area contributed by atoms with Gasteiger partial charge in [0.2, 0.25) is 0 Å². The number of hydrogen-bond donors (Lipinski definition) is 0. The second kappa shape index (κ2) is 5.48. The van der Waals surface area contributed by atoms with Crippen LogP contribution in [0.1, 0.15) is 11.1 Å². The highest BCUT2D eigenvalue weighted by molar-refractivity contribution is 9.08. The summed E-state index contributed by atoms with van der Waals surface area (Å²) in [5.74, 6) is 0.524. The molecule has 0 aliphatic rings. The summed E-state index contributed by atoms with van der Waals surface area (Å²) in [5.41, 5.74) is 2.66. The third-order valence-electron chi connectivity index (χ3n) is 2.79. The third kappa shape index (κ3) is 2.53. The van der Waals surface area contributed by atoms with Crippen LogP contribution in [0.3, 0.4) is 0 Å². The molecule has 0 spiro atoms. The average molecular weight is 309 g/mol. The summed E-state index contributed by atoms with van der Waals surface area (Å²) in [6.07, 6.45) is 1.80. The summed E-state index contributed by atoms with van der Waals surface area (Å²) >= 11 is 3.40. The van der Waals surface area contributed by atoms with Gasteiger partial charge in [0, 0.05) is 18.6 Å². The highest BCUT2D eigenvalue weighted by Crippen LogP contribution is 2.27. The van der Waals surface area contributed by atoms with Crippen LogP contribution >= 0.6 is 15.9 Å². The van der Waals surface area contributed by atoms with Crippen molar-refractivity contribution in [3.63, 3.8) is 0 Å². The van der Waals surface area contributed by atoms with Crippen molar-refractivity contribution in [2.45, 2.75) is 12.3 Å². The lowest BCUT2D eigenvalue weighted by molar-refractivity contribution is 0.627. The van der Waals surface area contributed by atoms with Crippen molar-refractivity contribution in [2.75, 3.05) is 11.9 Å². The summed E-state index contributed by atoms with van der Waals surface area (Å²) in [6, 6.07) is 8.75. The number of nitrogens with zero attached hydrogens (tertiary/aromatic N) is 2. The maximum absolute atomic E-state index is 13.7. The van der Waals surface area contributed by atoms with E-state index in [1.807, 2.05) is 20.0 Å². The average Bonchev–Trinajstić information content (AvgIpc) is 2.38. The number of aryl methyl sites for hydroxylation is 1. The molecule has 1 heterocycles. The number of alkyl halides is 1. The zero-order valence-electron chi connectivity index (χ0n) is 10.3. The van der Waals surface area contributed by atoms with E-state index in [4.69, 9.17) is 0 Å². The molecule has 2 nitrogen and oxygen atoms in total. The Bertz CT molecular complexity index is 557. The smallest absolute Gasteiger partial charge is 0.146 e. The van der Waals surface area contributed by atoms with Gasteiger partial charge in [-0.3, -0.25) is 0 Å². The normalized spacial score (nSPS) is 10.4. The van der Waals surface area contributed by atoms with Gasteiger partial charge in [-0.15, -0.1) is 0 Å². The standard InChI is InChI=1S/C14H14BrFN2/c1-10-7-11(8-15)9-17-14(10)18(2)13-6-4-3-5-12(13)16/h3-7,9H,8H2,1-2H3. The summed E-state index contributed by atoms with van der Waals surface area (Å²) in [4.78, 5) is 6.16. The Morgan fingerprint density at radius 1 is 1.33 bits per heavy atom. The van der Waals surface area contributed by atoms with E-state index in [1.165, 1.54) is 6.07 Å². The van der Waals surface area contributed by atoms with Gasteiger partial charge < -0.3 is 4.90 Å². The molecule has 0 saturated heterocycles. The molecule has 2 rings (SSSR count). The van der Waals surface area contributed by atoms with Crippen molar-refractivity contribution in [1.29, 1.82) is 0 Å². The van der Waals surface area contributed by atoms with Gasteiger partial charge in [-0.05, 0) is 30.2 Å². The summed E-state index contributed by atoms with van der Waals surface area (Å²) in [7, 11) is 1.82. The Balaban J connectivity index is 2.40. The van der Waals surface area contributed by atoms with Crippen LogP contribution < -0.4 is 4.90 Å². The van der Waals surface area contributed by atoms with Crippen molar-refractivity contribution in [3.8, 4) is 0 Å². The van der Waals surface area contributed by atoms with Gasteiger partial charge in [-0.1, -0.05) is 34.1 Å². The zero-order valence-corrected chi connectivity index (χ0v) is 11.9. The minimum Gasteiger partial charge on any atom is -0.327 e. The lowest BCUT2D eigenvalue weighted by Gasteiger charge is -2.21. The number of hydrogen-bond acceptors (Lipinski definition) is 2. The van der Waals surface area contributed by atoms with Crippen LogP contribution in [0.15, 0.2) is 36.5 Å². The summed E-state index contributed by atoms with van der Waals surface area (Å²) in [5, 5.41) is 0.768. The fraction of sp³-hybridized carbons (Fsp3) is 0.214. The first kappa shape index (κ1) is 13.0. The van der Waals surface area contributed by atoms with Crippen LogP contribution in [-0.4, -0.2) is 12.0 Å². The highest BCUT2D eigenvalue weighted by atomic mass is 79.9. The van der Waals surface area contributed by atoms with Gasteiger partial charge in [0.1, 0.15) is 11.6 Å². The molecule has 0 amide bonds. The first-order valence-corrected chi connectivity index (χ1v) is 6.75. The molecular formula is C14H14BrFN2. The molecule has 0 saturated carbocycles. The van der Waals surface area contributed by atoms with E-state index in [0.29, 0.717) is 5.69 Å². The van der Waals surface area contributed by atoms with Gasteiger partial charge in [0.15, 0.2) is 0 Å². The molecule has 4 heteroatoms. The lowest BCUT2D eigenvalue weighted by Crippen LogP contribution is -2.14. The molecule has 0 radical (unpaired) electrons. The molecule has 18 heavy (non-hydrogen) atoms. The van der Waals surface area contributed by atoms with E-state index in [2.05, 4.69) is 27.0 Å². The number of rotatable bonds is 3. The van der Waals surface area contributed by atoms with Gasteiger partial charge in [-0.2, -0.15) is 0 Å². The third-order valence-corrected chi connectivity index (χ3v) is 3.44. The van der Waals surface area contributed by atoms with Crippen molar-refractivity contribution in [1.82, 2.24) is 4.98 Å². The van der Waals surface area contributed by atoms with Gasteiger partial charge >= 0.3 is 0 Å². The van der Waals surface area contributed by atoms with Crippen molar-refractivity contribution in [2.24, 2.45) is 0 Å². The predicted molar refractivity (Wildman–Crippen MR) is 76.1 cm³/mol. The number of aromatic nitrogens is 1. The van der Waals surface area contributed by atoms with Crippen molar-refractivity contribution < 1.29 is 4.39 Å². The molecule has 0 unspecified atom stereocenters. The van der Waals surface area contributed by atoms with E-state index in [-0.39, 0.29) is 5.82 Å². The van der Waals surface area contributed by atoms with Crippen LogP contribution in [0.25, 0.3) is 0 Å². The number of pyridine rings is 1. The second-order valence-corrected chi connectivity index (χ2v) is 4.69. The summed E-state index contributed by atoms with van der Waals surface area (Å²) in [6.45, 7) is 1.98. The van der Waals surface area contributed by atoms with Crippen molar-refractivity contribution in [3.05, 3.63) is 53.5 Å². The second-order valence-electron chi connectivity index (χ2n) is 4.13. The van der Waals surface area contributed by atoms with Crippen LogP contribution in [0, 0.1) is 12.7 Å². The fourth-order valence-electron chi connectivity index (χ4n) is 1.89. The Morgan fingerprint density at radius 2 is 2.06 bits per heavy atom. The lowest BCUT2D eigenvalue weighted by atomic mass is 10.2. The van der Waals surface area contributed by atoms with Gasteiger partial charge in [0.25, 0.3) is 0 Å². The van der Waals surface area contributed by atoms with Gasteiger partial charge in [0.05, 0.1) is 5.69 Å². The Morgan fingerprint density at radius 3 is 2.67 bits per heavy atom. The van der Waals surface area contributed by atoms with E-state index < -0.39 is 0 Å². The first-order valence-electron chi connectivity index (χ1n) is 5.63. The monoisotopic (exact) mass is 308 g/mol.